The molecule has 0 aliphatic heterocycles. The Morgan fingerprint density at radius 3 is 1.35 bits per heavy atom. The number of ether oxygens (including phenoxy) is 2. The summed E-state index contributed by atoms with van der Waals surface area (Å²) in [6, 6.07) is 70.9. The number of aryl methyl sites for hydroxylation is 4. The molecule has 10 nitrogen and oxygen atoms in total. The second kappa shape index (κ2) is 33.4. The third-order valence-corrected chi connectivity index (χ3v) is 21.5. The quantitative estimate of drug-likeness (QED) is 0.0355. The van der Waals surface area contributed by atoms with E-state index in [4.69, 9.17) is 34.3 Å². The van der Waals surface area contributed by atoms with Crippen LogP contribution in [0.5, 0.6) is 11.5 Å². The van der Waals surface area contributed by atoms with E-state index in [2.05, 4.69) is 306 Å². The van der Waals surface area contributed by atoms with Crippen molar-refractivity contribution in [1.82, 2.24) is 28.9 Å². The number of aromatic nitrogens is 6. The molecule has 0 N–H and O–H groups in total. The average Bonchev–Trinajstić information content (AvgIpc) is 1.52. The van der Waals surface area contributed by atoms with Crippen LogP contribution in [0.1, 0.15) is 167 Å². The minimum absolute atomic E-state index is 0.122. The number of rotatable bonds is 28. The molecule has 3 atom stereocenters. The topological polar surface area (TPSA) is 108 Å². The van der Waals surface area contributed by atoms with Crippen LogP contribution in [0.4, 0.5) is 0 Å². The van der Waals surface area contributed by atoms with Crippen LogP contribution in [0.15, 0.2) is 207 Å². The van der Waals surface area contributed by atoms with Gasteiger partial charge in [0, 0.05) is 44.8 Å². The molecule has 0 fully saturated rings. The molecule has 4 heterocycles. The van der Waals surface area contributed by atoms with Crippen molar-refractivity contribution in [2.24, 2.45) is 34.5 Å². The summed E-state index contributed by atoms with van der Waals surface area (Å²) in [6.07, 6.45) is 14.6. The van der Waals surface area contributed by atoms with Crippen molar-refractivity contribution >= 4 is 79.7 Å². The monoisotopic (exact) mass is 1400 g/mol. The molecular formula is C94H104B2N8O2. The van der Waals surface area contributed by atoms with Gasteiger partial charge in [0.2, 0.25) is 5.70 Å². The summed E-state index contributed by atoms with van der Waals surface area (Å²) in [5.41, 5.74) is 15.9. The van der Waals surface area contributed by atoms with Crippen LogP contribution in [-0.4, -0.2) is 55.8 Å². The number of nitriles is 1. The highest BCUT2D eigenvalue weighted by atomic mass is 16.5. The summed E-state index contributed by atoms with van der Waals surface area (Å²) in [5.74, 6) is 3.03. The third-order valence-electron chi connectivity index (χ3n) is 21.5. The van der Waals surface area contributed by atoms with E-state index in [1.807, 2.05) is 0 Å². The third kappa shape index (κ3) is 17.2. The molecule has 0 saturated carbocycles. The Hall–Kier alpha value is -10.3. The zero-order valence-corrected chi connectivity index (χ0v) is 65.0. The maximum atomic E-state index is 12.9. The van der Waals surface area contributed by atoms with Crippen molar-refractivity contribution in [3.63, 3.8) is 0 Å². The smallest absolute Gasteiger partial charge is 0.328 e. The number of unbranched alkanes of at least 4 members (excludes halogenated alkanes) is 2. The molecule has 538 valence electrons. The van der Waals surface area contributed by atoms with E-state index < -0.39 is 13.7 Å². The first-order valence-corrected chi connectivity index (χ1v) is 38.6. The van der Waals surface area contributed by atoms with Gasteiger partial charge in [0.05, 0.1) is 59.1 Å². The summed E-state index contributed by atoms with van der Waals surface area (Å²) in [5, 5.41) is 15.5. The highest BCUT2D eigenvalue weighted by molar-refractivity contribution is 6.85. The average molecular weight is 1400 g/mol. The molecular weight excluding hydrogens is 1290 g/mol. The maximum absolute atomic E-state index is 12.9. The van der Waals surface area contributed by atoms with Crippen LogP contribution in [0, 0.1) is 80.1 Å². The number of fused-ring (bicyclic) bond motifs is 3. The van der Waals surface area contributed by atoms with E-state index in [9.17, 15) is 11.8 Å². The lowest BCUT2D eigenvalue weighted by molar-refractivity contribution is 0.147. The summed E-state index contributed by atoms with van der Waals surface area (Å²) in [4.78, 5) is 26.3. The Balaban J connectivity index is 1.32. The fraction of sp³-hybridized carbons (Fsp3) is 0.340. The predicted molar refractivity (Wildman–Crippen MR) is 445 cm³/mol. The van der Waals surface area contributed by atoms with Crippen molar-refractivity contribution in [2.75, 3.05) is 13.2 Å². The lowest BCUT2D eigenvalue weighted by Crippen LogP contribution is -2.54. The largest absolute Gasteiger partial charge is 0.493 e. The number of hydrogen-bond acceptors (Lipinski definition) is 7. The van der Waals surface area contributed by atoms with Gasteiger partial charge in [-0.1, -0.05) is 269 Å². The van der Waals surface area contributed by atoms with Gasteiger partial charge < -0.3 is 18.4 Å². The first-order chi connectivity index (χ1) is 51.1. The molecule has 0 amide bonds. The van der Waals surface area contributed by atoms with Crippen LogP contribution in [-0.2, 0) is 0 Å². The van der Waals surface area contributed by atoms with Gasteiger partial charge in [-0.15, -0.1) is 0 Å². The Kier molecular flexibility index (Phi) is 23.8. The molecule has 12 aromatic rings. The van der Waals surface area contributed by atoms with Gasteiger partial charge in [-0.2, -0.15) is 5.26 Å². The van der Waals surface area contributed by atoms with Gasteiger partial charge in [0.25, 0.3) is 0 Å². The van der Waals surface area contributed by atoms with Gasteiger partial charge in [-0.25, -0.2) is 9.83 Å². The van der Waals surface area contributed by atoms with Gasteiger partial charge in [0.1, 0.15) is 28.8 Å². The Labute approximate surface area is 630 Å². The molecule has 12 rings (SSSR count). The van der Waals surface area contributed by atoms with E-state index >= 15 is 0 Å². The molecule has 0 aliphatic rings. The number of hydrogen-bond donors (Lipinski definition) is 0. The minimum Gasteiger partial charge on any atom is -0.493 e. The minimum atomic E-state index is -0.613. The molecule has 106 heavy (non-hydrogen) atoms. The highest BCUT2D eigenvalue weighted by Gasteiger charge is 2.38. The standard InChI is InChI=1S/C94H104B2N8O2/c1-16-18-34-69(35-19-17-2)61-105-77-46-32-36-70(54-77)89-86-87(92(88(98-15)85-60-100-81-51-65(5)67(7)53-83(81)102-85)104(89)96(75-42-28-22-29-43-75)76-44-30-23-31-45-76)90(71-37-33-47-78(55-71)106-62-72(68(8)57-94(12,13)14)49-48-63(3)56-93(9,10)11)103(95(73-38-24-20-25-39-73)74-40-26-21-27-41-74)91(86)79(58-97)84-59-99-80-50-64(4)66(6)52-82(80)101-84/h20-33,36-47,50-55,59-60,63,68-69,72H,16-19,34-35,48-49,56-57,61-62H2,1-14H3/b91-79-,92-88+. The Bertz CT molecular complexity index is 5070. The lowest BCUT2D eigenvalue weighted by Gasteiger charge is -2.31. The normalized spacial score (nSPS) is 13.3. The first-order valence-electron chi connectivity index (χ1n) is 38.6. The summed E-state index contributed by atoms with van der Waals surface area (Å²) in [7, 11) is 0. The SMILES string of the molecule is [C-]#[N+]/C(c1cnc2cc(C)c(C)cc2n1)=c1\c2c(-c3cccc(OCC(CCC(C)CC(C)(C)C)C(C)CC(C)(C)C)c3)n(B(c3ccccc3)c3ccccc3)/c(=C(/C#N)c3cnc4cc(C)c(C)cc4n3)c2c(-c2cccc(OCC(CCCC)CCCC)c2)n1B(c1ccccc1)c1ccccc1. The van der Waals surface area contributed by atoms with Crippen LogP contribution >= 0.6 is 0 Å². The van der Waals surface area contributed by atoms with Crippen LogP contribution in [0.25, 0.3) is 71.5 Å². The Morgan fingerprint density at radius 2 is 0.915 bits per heavy atom. The highest BCUT2D eigenvalue weighted by Crippen LogP contribution is 2.40. The van der Waals surface area contributed by atoms with Gasteiger partial charge >= 0.3 is 13.7 Å². The molecule has 0 saturated heterocycles. The predicted octanol–water partition coefficient (Wildman–Crippen LogP) is 19.3. The number of nitrogens with zero attached hydrogens (tertiary/aromatic N) is 8. The first kappa shape index (κ1) is 75.4. The molecule has 0 bridgehead atoms. The van der Waals surface area contributed by atoms with E-state index in [1.165, 1.54) is 0 Å². The molecule has 8 aromatic carbocycles. The fourth-order valence-electron chi connectivity index (χ4n) is 16.2. The second-order valence-corrected chi connectivity index (χ2v) is 32.4. The van der Waals surface area contributed by atoms with Crippen molar-refractivity contribution in [3.8, 4) is 40.1 Å². The van der Waals surface area contributed by atoms with Gasteiger partial charge in [0.15, 0.2) is 0 Å². The molecule has 0 radical (unpaired) electrons. The summed E-state index contributed by atoms with van der Waals surface area (Å²) >= 11 is 0. The summed E-state index contributed by atoms with van der Waals surface area (Å²) in [6.45, 7) is 41.8. The fourth-order valence-corrected chi connectivity index (χ4v) is 16.2. The second-order valence-electron chi connectivity index (χ2n) is 32.4. The Morgan fingerprint density at radius 1 is 0.500 bits per heavy atom. The zero-order chi connectivity index (χ0) is 74.8. The van der Waals surface area contributed by atoms with Crippen molar-refractivity contribution in [1.29, 1.82) is 5.26 Å². The van der Waals surface area contributed by atoms with Gasteiger partial charge in [-0.05, 0) is 165 Å². The van der Waals surface area contributed by atoms with Crippen molar-refractivity contribution in [3.05, 3.63) is 262 Å². The summed E-state index contributed by atoms with van der Waals surface area (Å²) < 4.78 is 19.3. The van der Waals surface area contributed by atoms with Crippen LogP contribution in [0.2, 0.25) is 0 Å². The van der Waals surface area contributed by atoms with E-state index in [0.29, 0.717) is 69.7 Å². The molecule has 0 aliphatic carbocycles. The van der Waals surface area contributed by atoms with Crippen molar-refractivity contribution < 1.29 is 9.47 Å². The zero-order valence-electron chi connectivity index (χ0n) is 65.0. The molecule has 3 unspecified atom stereocenters. The molecule has 4 aromatic heterocycles. The molecule has 12 heteroatoms. The molecule has 0 spiro atoms. The lowest BCUT2D eigenvalue weighted by atomic mass is 9.50. The van der Waals surface area contributed by atoms with Crippen LogP contribution in [0.3, 0.4) is 0 Å². The van der Waals surface area contributed by atoms with Crippen molar-refractivity contribution in [2.45, 2.75) is 161 Å². The van der Waals surface area contributed by atoms with Gasteiger partial charge in [-0.3, -0.25) is 15.0 Å². The van der Waals surface area contributed by atoms with E-state index in [-0.39, 0.29) is 22.4 Å². The maximum Gasteiger partial charge on any atom is 0.328 e. The van der Waals surface area contributed by atoms with Crippen LogP contribution < -0.4 is 42.0 Å². The number of benzene rings is 8. The van der Waals surface area contributed by atoms with E-state index in [1.54, 1.807) is 12.4 Å². The van der Waals surface area contributed by atoms with E-state index in [0.717, 1.165) is 164 Å².